The number of nitrogens with zero attached hydrogens (tertiary/aromatic N) is 1. The fourth-order valence-corrected chi connectivity index (χ4v) is 7.09. The minimum Gasteiger partial charge on any atom is -0.457 e. The molecule has 0 aromatic heterocycles. The number of piperidine rings is 1. The van der Waals surface area contributed by atoms with Gasteiger partial charge in [0.25, 0.3) is 0 Å². The molecular weight excluding hydrogens is 538 g/mol. The Balaban J connectivity index is 1.55. The first kappa shape index (κ1) is 33.3. The van der Waals surface area contributed by atoms with Crippen LogP contribution in [0, 0.1) is 25.7 Å². The SMILES string of the molecule is CNCC(CC1CCCCC1)NC(=O)N1CCCC(C(O)(CCCCOC)c2cc(C)ccc2Oc2ccc(C)cc2)C1. The van der Waals surface area contributed by atoms with Crippen molar-refractivity contribution in [1.82, 2.24) is 15.5 Å². The van der Waals surface area contributed by atoms with Gasteiger partial charge in [0.15, 0.2) is 0 Å². The highest BCUT2D eigenvalue weighted by Crippen LogP contribution is 2.45. The predicted octanol–water partition coefficient (Wildman–Crippen LogP) is 7.08. The minimum absolute atomic E-state index is 0.0112. The molecule has 4 rings (SSSR count). The molecular formula is C36H55N3O4. The molecule has 1 aliphatic carbocycles. The topological polar surface area (TPSA) is 83.1 Å². The van der Waals surface area contributed by atoms with Crippen molar-refractivity contribution in [2.24, 2.45) is 11.8 Å². The van der Waals surface area contributed by atoms with E-state index in [4.69, 9.17) is 9.47 Å². The Labute approximate surface area is 259 Å². The lowest BCUT2D eigenvalue weighted by Crippen LogP contribution is -2.54. The number of methoxy groups -OCH3 is 1. The smallest absolute Gasteiger partial charge is 0.317 e. The average molecular weight is 594 g/mol. The van der Waals surface area contributed by atoms with Gasteiger partial charge >= 0.3 is 6.03 Å². The summed E-state index contributed by atoms with van der Waals surface area (Å²) < 4.78 is 11.8. The van der Waals surface area contributed by atoms with Gasteiger partial charge in [0, 0.05) is 50.9 Å². The first-order chi connectivity index (χ1) is 20.8. The molecule has 7 heteroatoms. The highest BCUT2D eigenvalue weighted by atomic mass is 16.5. The Morgan fingerprint density at radius 2 is 1.77 bits per heavy atom. The Hall–Kier alpha value is -2.61. The minimum atomic E-state index is -1.15. The standard InChI is InChI=1S/C36H55N3O4/c1-27-14-17-32(18-15-27)43-34-19-16-28(2)23-33(34)36(41,20-8-9-22-42-4)30-13-10-21-39(26-30)35(40)38-31(25-37-3)24-29-11-6-5-7-12-29/h14-19,23,29-31,37,41H,5-13,20-22,24-26H2,1-4H3,(H,38,40). The molecule has 7 nitrogen and oxygen atoms in total. The molecule has 1 heterocycles. The van der Waals surface area contributed by atoms with Crippen LogP contribution < -0.4 is 15.4 Å². The van der Waals surface area contributed by atoms with Gasteiger partial charge in [0.2, 0.25) is 0 Å². The van der Waals surface area contributed by atoms with Gasteiger partial charge in [-0.1, -0.05) is 61.4 Å². The predicted molar refractivity (Wildman–Crippen MR) is 174 cm³/mol. The van der Waals surface area contributed by atoms with Crippen LogP contribution in [0.3, 0.4) is 0 Å². The lowest BCUT2D eigenvalue weighted by atomic mass is 9.73. The summed E-state index contributed by atoms with van der Waals surface area (Å²) in [5.41, 5.74) is 1.90. The van der Waals surface area contributed by atoms with Crippen molar-refractivity contribution in [2.45, 2.75) is 96.1 Å². The zero-order valence-electron chi connectivity index (χ0n) is 27.0. The fourth-order valence-electron chi connectivity index (χ4n) is 7.09. The van der Waals surface area contributed by atoms with Crippen LogP contribution in [0.15, 0.2) is 42.5 Å². The molecule has 3 N–H and O–H groups in total. The van der Waals surface area contributed by atoms with Gasteiger partial charge in [0.05, 0.1) is 5.60 Å². The molecule has 1 saturated carbocycles. The molecule has 0 spiro atoms. The Kier molecular flexibility index (Phi) is 12.7. The normalized spacial score (nSPS) is 19.9. The first-order valence-corrected chi connectivity index (χ1v) is 16.6. The van der Waals surface area contributed by atoms with E-state index >= 15 is 0 Å². The maximum atomic E-state index is 13.7. The number of hydrogen-bond acceptors (Lipinski definition) is 5. The molecule has 2 fully saturated rings. The van der Waals surface area contributed by atoms with Crippen LogP contribution in [0.25, 0.3) is 0 Å². The van der Waals surface area contributed by atoms with Crippen LogP contribution in [0.4, 0.5) is 4.79 Å². The molecule has 0 radical (unpaired) electrons. The van der Waals surface area contributed by atoms with Gasteiger partial charge in [-0.2, -0.15) is 0 Å². The third-order valence-electron chi connectivity index (χ3n) is 9.51. The molecule has 43 heavy (non-hydrogen) atoms. The molecule has 238 valence electrons. The highest BCUT2D eigenvalue weighted by molar-refractivity contribution is 5.74. The maximum absolute atomic E-state index is 13.7. The van der Waals surface area contributed by atoms with Gasteiger partial charge in [-0.05, 0) is 89.6 Å². The van der Waals surface area contributed by atoms with Crippen molar-refractivity contribution in [2.75, 3.05) is 40.4 Å². The summed E-state index contributed by atoms with van der Waals surface area (Å²) in [6.07, 6.45) is 11.5. The summed E-state index contributed by atoms with van der Waals surface area (Å²) in [4.78, 5) is 15.6. The average Bonchev–Trinajstić information content (AvgIpc) is 3.02. The number of hydrogen-bond donors (Lipinski definition) is 3. The monoisotopic (exact) mass is 593 g/mol. The van der Waals surface area contributed by atoms with Gasteiger partial charge in [-0.15, -0.1) is 0 Å². The number of rotatable bonds is 14. The number of urea groups is 1. The number of amides is 2. The van der Waals surface area contributed by atoms with Crippen LogP contribution in [-0.2, 0) is 10.3 Å². The van der Waals surface area contributed by atoms with Crippen molar-refractivity contribution in [3.63, 3.8) is 0 Å². The fraction of sp³-hybridized carbons (Fsp3) is 0.639. The number of carbonyl (C=O) groups excluding carboxylic acids is 1. The quantitative estimate of drug-likeness (QED) is 0.204. The van der Waals surface area contributed by atoms with E-state index in [1.54, 1.807) is 7.11 Å². The molecule has 1 saturated heterocycles. The maximum Gasteiger partial charge on any atom is 0.317 e. The van der Waals surface area contributed by atoms with Crippen molar-refractivity contribution in [1.29, 1.82) is 0 Å². The summed E-state index contributed by atoms with van der Waals surface area (Å²) >= 11 is 0. The number of likely N-dealkylation sites (N-methyl/N-ethyl adjacent to an activating group) is 1. The Morgan fingerprint density at radius 3 is 2.49 bits per heavy atom. The van der Waals surface area contributed by atoms with Crippen molar-refractivity contribution in [3.8, 4) is 11.5 Å². The largest absolute Gasteiger partial charge is 0.457 e. The van der Waals surface area contributed by atoms with E-state index < -0.39 is 5.60 Å². The van der Waals surface area contributed by atoms with Crippen LogP contribution in [-0.4, -0.2) is 62.5 Å². The zero-order chi connectivity index (χ0) is 30.7. The Bertz CT molecular complexity index is 1130. The summed E-state index contributed by atoms with van der Waals surface area (Å²) in [5.74, 6) is 1.99. The number of nitrogens with one attached hydrogen (secondary N) is 2. The number of aliphatic hydroxyl groups is 1. The first-order valence-electron chi connectivity index (χ1n) is 16.6. The number of benzene rings is 2. The number of likely N-dealkylation sites (tertiary alicyclic amines) is 1. The highest BCUT2D eigenvalue weighted by Gasteiger charge is 2.43. The summed E-state index contributed by atoms with van der Waals surface area (Å²) in [6.45, 7) is 6.76. The number of unbranched alkanes of at least 4 members (excludes halogenated alkanes) is 1. The third-order valence-corrected chi connectivity index (χ3v) is 9.51. The third kappa shape index (κ3) is 9.44. The van der Waals surface area contributed by atoms with E-state index in [1.807, 2.05) is 48.3 Å². The van der Waals surface area contributed by atoms with Gasteiger partial charge < -0.3 is 30.1 Å². The van der Waals surface area contributed by atoms with Crippen LogP contribution in [0.5, 0.6) is 11.5 Å². The Morgan fingerprint density at radius 1 is 1.02 bits per heavy atom. The number of aryl methyl sites for hydroxylation is 2. The van der Waals surface area contributed by atoms with Crippen LogP contribution >= 0.6 is 0 Å². The zero-order valence-corrected chi connectivity index (χ0v) is 27.0. The van der Waals surface area contributed by atoms with E-state index in [2.05, 4.69) is 30.5 Å². The van der Waals surface area contributed by atoms with Crippen LogP contribution in [0.1, 0.15) is 87.3 Å². The molecule has 2 amide bonds. The van der Waals surface area contributed by atoms with Gasteiger partial charge in [-0.3, -0.25) is 0 Å². The molecule has 2 aliphatic rings. The van der Waals surface area contributed by atoms with E-state index in [1.165, 1.54) is 37.7 Å². The van der Waals surface area contributed by atoms with E-state index in [9.17, 15) is 9.90 Å². The van der Waals surface area contributed by atoms with Crippen molar-refractivity contribution < 1.29 is 19.4 Å². The summed E-state index contributed by atoms with van der Waals surface area (Å²) in [6, 6.07) is 14.2. The van der Waals surface area contributed by atoms with Gasteiger partial charge in [-0.25, -0.2) is 4.79 Å². The second kappa shape index (κ2) is 16.5. The van der Waals surface area contributed by atoms with E-state index in [0.29, 0.717) is 37.8 Å². The number of carbonyl (C=O) groups is 1. The van der Waals surface area contributed by atoms with E-state index in [-0.39, 0.29) is 18.0 Å². The number of ether oxygens (including phenoxy) is 2. The molecule has 2 aromatic carbocycles. The summed E-state index contributed by atoms with van der Waals surface area (Å²) in [7, 11) is 3.67. The lowest BCUT2D eigenvalue weighted by Gasteiger charge is -2.43. The summed E-state index contributed by atoms with van der Waals surface area (Å²) in [5, 5.41) is 19.4. The molecule has 0 bridgehead atoms. The second-order valence-electron chi connectivity index (χ2n) is 13.0. The second-order valence-corrected chi connectivity index (χ2v) is 13.0. The molecule has 1 aliphatic heterocycles. The van der Waals surface area contributed by atoms with Crippen LogP contribution in [0.2, 0.25) is 0 Å². The van der Waals surface area contributed by atoms with Crippen molar-refractivity contribution >= 4 is 6.03 Å². The molecule has 3 unspecified atom stereocenters. The van der Waals surface area contributed by atoms with Crippen molar-refractivity contribution in [3.05, 3.63) is 59.2 Å². The molecule has 3 atom stereocenters. The lowest BCUT2D eigenvalue weighted by molar-refractivity contribution is -0.0575. The van der Waals surface area contributed by atoms with Gasteiger partial charge in [0.1, 0.15) is 11.5 Å². The molecule has 2 aromatic rings. The van der Waals surface area contributed by atoms with E-state index in [0.717, 1.165) is 55.5 Å².